The predicted molar refractivity (Wildman–Crippen MR) is 69.5 cm³/mol. The summed E-state index contributed by atoms with van der Waals surface area (Å²) in [6.07, 6.45) is 5.46. The number of nitrogens with one attached hydrogen (secondary N) is 1. The molecule has 1 aliphatic carbocycles. The summed E-state index contributed by atoms with van der Waals surface area (Å²) in [6, 6.07) is 6.05. The molecule has 19 heavy (non-hydrogen) atoms. The Balaban J connectivity index is 1.62. The highest BCUT2D eigenvalue weighted by atomic mass is 16.7. The van der Waals surface area contributed by atoms with Crippen molar-refractivity contribution in [2.24, 2.45) is 0 Å². The van der Waals surface area contributed by atoms with Crippen LogP contribution in [-0.4, -0.2) is 30.0 Å². The van der Waals surface area contributed by atoms with E-state index in [1.54, 1.807) is 18.3 Å². The molecule has 1 spiro atoms. The number of nitriles is 1. The summed E-state index contributed by atoms with van der Waals surface area (Å²) in [7, 11) is 0. The molecular weight excluding hydrogens is 242 g/mol. The maximum absolute atomic E-state index is 9.05. The van der Waals surface area contributed by atoms with Gasteiger partial charge in [0, 0.05) is 25.1 Å². The highest BCUT2D eigenvalue weighted by Gasteiger charge is 2.40. The van der Waals surface area contributed by atoms with E-state index >= 15 is 0 Å². The minimum Gasteiger partial charge on any atom is -0.366 e. The standard InChI is InChI=1S/C14H17N3O2/c15-10-11-2-1-7-16-13(11)17-12-3-5-14(6-4-12)18-8-9-19-14/h1-2,7,12H,3-6,8-9H2,(H,16,17). The van der Waals surface area contributed by atoms with Crippen LogP contribution in [0.4, 0.5) is 5.82 Å². The zero-order chi connectivity index (χ0) is 13.1. The van der Waals surface area contributed by atoms with Crippen LogP contribution in [0.3, 0.4) is 0 Å². The van der Waals surface area contributed by atoms with Gasteiger partial charge in [0.1, 0.15) is 11.9 Å². The number of anilines is 1. The van der Waals surface area contributed by atoms with Crippen molar-refractivity contribution in [2.75, 3.05) is 18.5 Å². The molecule has 1 aliphatic heterocycles. The number of nitrogens with zero attached hydrogens (tertiary/aromatic N) is 2. The van der Waals surface area contributed by atoms with Crippen molar-refractivity contribution in [3.8, 4) is 6.07 Å². The molecule has 2 heterocycles. The van der Waals surface area contributed by atoms with E-state index in [0.717, 1.165) is 25.7 Å². The van der Waals surface area contributed by atoms with Crippen LogP contribution in [0.1, 0.15) is 31.2 Å². The fourth-order valence-electron chi connectivity index (χ4n) is 2.79. The van der Waals surface area contributed by atoms with Crippen LogP contribution in [0.2, 0.25) is 0 Å². The Hall–Kier alpha value is -1.64. The van der Waals surface area contributed by atoms with Gasteiger partial charge in [0.2, 0.25) is 0 Å². The van der Waals surface area contributed by atoms with Crippen LogP contribution in [0, 0.1) is 11.3 Å². The molecule has 0 atom stereocenters. The molecule has 0 unspecified atom stereocenters. The van der Waals surface area contributed by atoms with Crippen molar-refractivity contribution in [1.82, 2.24) is 4.98 Å². The first-order chi connectivity index (χ1) is 9.31. The van der Waals surface area contributed by atoms with E-state index in [4.69, 9.17) is 14.7 Å². The predicted octanol–water partition coefficient (Wildman–Crippen LogP) is 2.05. The zero-order valence-electron chi connectivity index (χ0n) is 10.8. The van der Waals surface area contributed by atoms with E-state index in [1.807, 2.05) is 0 Å². The Morgan fingerprint density at radius 3 is 2.74 bits per heavy atom. The van der Waals surface area contributed by atoms with Crippen LogP contribution in [0.25, 0.3) is 0 Å². The van der Waals surface area contributed by atoms with E-state index in [1.165, 1.54) is 0 Å². The van der Waals surface area contributed by atoms with Gasteiger partial charge in [0.25, 0.3) is 0 Å². The van der Waals surface area contributed by atoms with Gasteiger partial charge in [0.15, 0.2) is 5.79 Å². The molecule has 5 heteroatoms. The summed E-state index contributed by atoms with van der Waals surface area (Å²) in [6.45, 7) is 1.41. The Kier molecular flexibility index (Phi) is 3.36. The molecule has 1 N–H and O–H groups in total. The minimum absolute atomic E-state index is 0.333. The summed E-state index contributed by atoms with van der Waals surface area (Å²) in [4.78, 5) is 4.24. The van der Waals surface area contributed by atoms with Crippen LogP contribution in [-0.2, 0) is 9.47 Å². The average Bonchev–Trinajstić information content (AvgIpc) is 2.91. The van der Waals surface area contributed by atoms with E-state index in [9.17, 15) is 0 Å². The SMILES string of the molecule is N#Cc1cccnc1NC1CCC2(CC1)OCCO2. The lowest BCUT2D eigenvalue weighted by Crippen LogP contribution is -2.39. The van der Waals surface area contributed by atoms with Gasteiger partial charge in [0.05, 0.1) is 18.8 Å². The fourth-order valence-corrected chi connectivity index (χ4v) is 2.79. The third kappa shape index (κ3) is 2.55. The molecule has 5 nitrogen and oxygen atoms in total. The molecule has 3 rings (SSSR count). The molecule has 100 valence electrons. The fraction of sp³-hybridized carbons (Fsp3) is 0.571. The number of rotatable bonds is 2. The number of hydrogen-bond acceptors (Lipinski definition) is 5. The summed E-state index contributed by atoms with van der Waals surface area (Å²) >= 11 is 0. The van der Waals surface area contributed by atoms with Gasteiger partial charge >= 0.3 is 0 Å². The monoisotopic (exact) mass is 259 g/mol. The van der Waals surface area contributed by atoms with Crippen LogP contribution >= 0.6 is 0 Å². The maximum atomic E-state index is 9.05. The van der Waals surface area contributed by atoms with Crippen LogP contribution < -0.4 is 5.32 Å². The van der Waals surface area contributed by atoms with Crippen molar-refractivity contribution in [3.63, 3.8) is 0 Å². The molecule has 0 bridgehead atoms. The molecule has 1 aromatic heterocycles. The molecule has 2 aliphatic rings. The summed E-state index contributed by atoms with van der Waals surface area (Å²) < 4.78 is 11.4. The van der Waals surface area contributed by atoms with Crippen molar-refractivity contribution in [2.45, 2.75) is 37.5 Å². The van der Waals surface area contributed by atoms with Gasteiger partial charge in [-0.25, -0.2) is 4.98 Å². The molecule has 0 amide bonds. The van der Waals surface area contributed by atoms with Gasteiger partial charge in [-0.05, 0) is 25.0 Å². The highest BCUT2D eigenvalue weighted by molar-refractivity contribution is 5.51. The first kappa shape index (κ1) is 12.4. The number of pyridine rings is 1. The van der Waals surface area contributed by atoms with E-state index in [0.29, 0.717) is 30.6 Å². The molecule has 1 aromatic rings. The van der Waals surface area contributed by atoms with E-state index in [2.05, 4.69) is 16.4 Å². The number of ether oxygens (including phenoxy) is 2. The lowest BCUT2D eigenvalue weighted by molar-refractivity contribution is -0.177. The average molecular weight is 259 g/mol. The first-order valence-electron chi connectivity index (χ1n) is 6.71. The van der Waals surface area contributed by atoms with Crippen molar-refractivity contribution < 1.29 is 9.47 Å². The minimum atomic E-state index is -0.333. The van der Waals surface area contributed by atoms with Gasteiger partial charge in [-0.3, -0.25) is 0 Å². The lowest BCUT2D eigenvalue weighted by Gasteiger charge is -2.35. The topological polar surface area (TPSA) is 67.2 Å². The second kappa shape index (κ2) is 5.16. The van der Waals surface area contributed by atoms with Crippen molar-refractivity contribution in [1.29, 1.82) is 5.26 Å². The number of aromatic nitrogens is 1. The normalized spacial score (nSPS) is 22.3. The molecule has 1 saturated carbocycles. The number of hydrogen-bond donors (Lipinski definition) is 1. The largest absolute Gasteiger partial charge is 0.366 e. The smallest absolute Gasteiger partial charge is 0.168 e. The summed E-state index contributed by atoms with van der Waals surface area (Å²) in [5.74, 6) is 0.347. The summed E-state index contributed by atoms with van der Waals surface area (Å²) in [5, 5.41) is 12.4. The molecular formula is C14H17N3O2. The van der Waals surface area contributed by atoms with Crippen molar-refractivity contribution in [3.05, 3.63) is 23.9 Å². The van der Waals surface area contributed by atoms with Crippen LogP contribution in [0.5, 0.6) is 0 Å². The van der Waals surface area contributed by atoms with Gasteiger partial charge in [-0.15, -0.1) is 0 Å². The van der Waals surface area contributed by atoms with Crippen LogP contribution in [0.15, 0.2) is 18.3 Å². The summed E-state index contributed by atoms with van der Waals surface area (Å²) in [5.41, 5.74) is 0.594. The van der Waals surface area contributed by atoms with Crippen molar-refractivity contribution >= 4 is 5.82 Å². The highest BCUT2D eigenvalue weighted by Crippen LogP contribution is 2.36. The Morgan fingerprint density at radius 1 is 1.32 bits per heavy atom. The van der Waals surface area contributed by atoms with Gasteiger partial charge < -0.3 is 14.8 Å². The maximum Gasteiger partial charge on any atom is 0.168 e. The Bertz CT molecular complexity index is 482. The molecule has 0 radical (unpaired) electrons. The molecule has 2 fully saturated rings. The van der Waals surface area contributed by atoms with E-state index in [-0.39, 0.29) is 5.79 Å². The van der Waals surface area contributed by atoms with Gasteiger partial charge in [-0.2, -0.15) is 5.26 Å². The second-order valence-corrected chi connectivity index (χ2v) is 5.04. The van der Waals surface area contributed by atoms with Gasteiger partial charge in [-0.1, -0.05) is 0 Å². The molecule has 1 saturated heterocycles. The lowest BCUT2D eigenvalue weighted by atomic mass is 9.90. The Morgan fingerprint density at radius 2 is 2.05 bits per heavy atom. The first-order valence-corrected chi connectivity index (χ1v) is 6.71. The third-order valence-electron chi connectivity index (χ3n) is 3.83. The van der Waals surface area contributed by atoms with E-state index < -0.39 is 0 Å². The molecule has 0 aromatic carbocycles. The third-order valence-corrected chi connectivity index (χ3v) is 3.83. The second-order valence-electron chi connectivity index (χ2n) is 5.04. The zero-order valence-corrected chi connectivity index (χ0v) is 10.8. The quantitative estimate of drug-likeness (QED) is 0.880. The Labute approximate surface area is 112 Å².